The lowest BCUT2D eigenvalue weighted by Gasteiger charge is -2.44. The van der Waals surface area contributed by atoms with E-state index in [1.165, 1.54) is 21.4 Å². The number of carbonyl (C=O) groups is 1. The molecule has 1 saturated heterocycles. The molecule has 27 heavy (non-hydrogen) atoms. The van der Waals surface area contributed by atoms with E-state index < -0.39 is 0 Å². The zero-order valence-corrected chi connectivity index (χ0v) is 15.8. The molecule has 0 radical (unpaired) electrons. The SMILES string of the molecule is NC(=O)N1CCC2(CCc3cc(-c4ccc5scnc5c4)ccc3O2)CC1. The van der Waals surface area contributed by atoms with E-state index >= 15 is 0 Å². The molecule has 1 fully saturated rings. The highest BCUT2D eigenvalue weighted by atomic mass is 32.1. The Morgan fingerprint density at radius 3 is 2.70 bits per heavy atom. The number of aryl methyl sites for hydroxylation is 1. The summed E-state index contributed by atoms with van der Waals surface area (Å²) in [4.78, 5) is 17.5. The molecule has 2 aliphatic heterocycles. The number of rotatable bonds is 1. The van der Waals surface area contributed by atoms with Gasteiger partial charge in [-0.1, -0.05) is 12.1 Å². The molecule has 2 amide bonds. The summed E-state index contributed by atoms with van der Waals surface area (Å²) in [7, 11) is 0. The Labute approximate surface area is 161 Å². The van der Waals surface area contributed by atoms with Crippen molar-refractivity contribution >= 4 is 27.6 Å². The Kier molecular flexibility index (Phi) is 3.82. The molecular formula is C21H21N3O2S. The molecule has 3 aromatic rings. The highest BCUT2D eigenvalue weighted by Gasteiger charge is 2.40. The number of benzene rings is 2. The quantitative estimate of drug-likeness (QED) is 0.689. The minimum atomic E-state index is -0.331. The zero-order chi connectivity index (χ0) is 18.4. The maximum absolute atomic E-state index is 11.4. The highest BCUT2D eigenvalue weighted by molar-refractivity contribution is 7.16. The van der Waals surface area contributed by atoms with Crippen molar-refractivity contribution in [1.82, 2.24) is 9.88 Å². The van der Waals surface area contributed by atoms with Crippen molar-refractivity contribution in [2.45, 2.75) is 31.3 Å². The smallest absolute Gasteiger partial charge is 0.314 e. The molecule has 2 aromatic carbocycles. The molecular weight excluding hydrogens is 358 g/mol. The first kappa shape index (κ1) is 16.6. The van der Waals surface area contributed by atoms with Crippen LogP contribution in [0, 0.1) is 0 Å². The molecule has 0 atom stereocenters. The van der Waals surface area contributed by atoms with Crippen molar-refractivity contribution in [3.05, 3.63) is 47.5 Å². The lowest BCUT2D eigenvalue weighted by molar-refractivity contribution is -0.00471. The summed E-state index contributed by atoms with van der Waals surface area (Å²) in [5.74, 6) is 0.979. The molecule has 1 aromatic heterocycles. The largest absolute Gasteiger partial charge is 0.487 e. The molecule has 0 saturated carbocycles. The summed E-state index contributed by atoms with van der Waals surface area (Å²) in [6.45, 7) is 1.35. The van der Waals surface area contributed by atoms with Crippen LogP contribution in [0.4, 0.5) is 4.79 Å². The van der Waals surface area contributed by atoms with Crippen LogP contribution in [0.2, 0.25) is 0 Å². The number of amides is 2. The summed E-state index contributed by atoms with van der Waals surface area (Å²) in [6.07, 6.45) is 3.68. The number of piperidine rings is 1. The fraction of sp³-hybridized carbons (Fsp3) is 0.333. The number of aromatic nitrogens is 1. The second kappa shape index (κ2) is 6.23. The van der Waals surface area contributed by atoms with E-state index in [1.54, 1.807) is 16.2 Å². The summed E-state index contributed by atoms with van der Waals surface area (Å²) in [5.41, 5.74) is 11.8. The van der Waals surface area contributed by atoms with Crippen LogP contribution < -0.4 is 10.5 Å². The number of ether oxygens (including phenoxy) is 1. The topological polar surface area (TPSA) is 68.5 Å². The molecule has 138 valence electrons. The van der Waals surface area contributed by atoms with Crippen LogP contribution in [0.3, 0.4) is 0 Å². The number of thiazole rings is 1. The minimum absolute atomic E-state index is 0.153. The van der Waals surface area contributed by atoms with Crippen LogP contribution in [0.5, 0.6) is 5.75 Å². The average Bonchev–Trinajstić information content (AvgIpc) is 3.16. The van der Waals surface area contributed by atoms with Crippen molar-refractivity contribution in [1.29, 1.82) is 0 Å². The molecule has 0 aliphatic carbocycles. The van der Waals surface area contributed by atoms with Gasteiger partial charge in [0.2, 0.25) is 0 Å². The lowest BCUT2D eigenvalue weighted by Crippen LogP contribution is -2.52. The third-order valence-electron chi connectivity index (χ3n) is 5.89. The highest BCUT2D eigenvalue weighted by Crippen LogP contribution is 2.41. The number of fused-ring (bicyclic) bond motifs is 2. The van der Waals surface area contributed by atoms with Gasteiger partial charge in [0, 0.05) is 25.9 Å². The monoisotopic (exact) mass is 379 g/mol. The Bertz CT molecular complexity index is 1020. The number of hydrogen-bond acceptors (Lipinski definition) is 4. The standard InChI is InChI=1S/C21H21N3O2S/c22-20(25)24-9-7-21(8-10-24)6-5-16-11-14(1-3-18(16)26-21)15-2-4-19-17(12-15)23-13-27-19/h1-4,11-13H,5-10H2,(H2,22,25). The third kappa shape index (κ3) is 2.94. The van der Waals surface area contributed by atoms with Gasteiger partial charge in [0.25, 0.3) is 0 Å². The van der Waals surface area contributed by atoms with Gasteiger partial charge < -0.3 is 15.4 Å². The third-order valence-corrected chi connectivity index (χ3v) is 6.70. The van der Waals surface area contributed by atoms with Crippen LogP contribution >= 0.6 is 11.3 Å². The van der Waals surface area contributed by atoms with Crippen LogP contribution in [-0.4, -0.2) is 34.6 Å². The second-order valence-corrected chi connectivity index (χ2v) is 8.35. The van der Waals surface area contributed by atoms with Crippen LogP contribution in [0.1, 0.15) is 24.8 Å². The summed E-state index contributed by atoms with van der Waals surface area (Å²) in [5, 5.41) is 0. The molecule has 0 bridgehead atoms. The van der Waals surface area contributed by atoms with Crippen molar-refractivity contribution in [2.24, 2.45) is 5.73 Å². The summed E-state index contributed by atoms with van der Waals surface area (Å²) < 4.78 is 7.66. The Morgan fingerprint density at radius 2 is 1.89 bits per heavy atom. The maximum atomic E-state index is 11.4. The number of primary amides is 1. The summed E-state index contributed by atoms with van der Waals surface area (Å²) >= 11 is 1.66. The molecule has 2 aliphatic rings. The van der Waals surface area contributed by atoms with E-state index in [0.29, 0.717) is 13.1 Å². The number of hydrogen-bond donors (Lipinski definition) is 1. The molecule has 3 heterocycles. The summed E-state index contributed by atoms with van der Waals surface area (Å²) in [6, 6.07) is 12.6. The number of carbonyl (C=O) groups excluding carboxylic acids is 1. The zero-order valence-electron chi connectivity index (χ0n) is 15.0. The van der Waals surface area contributed by atoms with E-state index in [2.05, 4.69) is 41.4 Å². The number of likely N-dealkylation sites (tertiary alicyclic amines) is 1. The van der Waals surface area contributed by atoms with Crippen LogP contribution in [-0.2, 0) is 6.42 Å². The van der Waals surface area contributed by atoms with Gasteiger partial charge in [0.15, 0.2) is 0 Å². The first-order chi connectivity index (χ1) is 13.1. The fourth-order valence-electron chi connectivity index (χ4n) is 4.22. The van der Waals surface area contributed by atoms with E-state index in [-0.39, 0.29) is 11.6 Å². The van der Waals surface area contributed by atoms with Gasteiger partial charge in [-0.2, -0.15) is 0 Å². The Hall–Kier alpha value is -2.60. The van der Waals surface area contributed by atoms with Gasteiger partial charge in [0.1, 0.15) is 11.4 Å². The molecule has 5 rings (SSSR count). The average molecular weight is 379 g/mol. The van der Waals surface area contributed by atoms with Crippen LogP contribution in [0.15, 0.2) is 41.9 Å². The molecule has 0 unspecified atom stereocenters. The van der Waals surface area contributed by atoms with Crippen molar-refractivity contribution in [3.8, 4) is 16.9 Å². The lowest BCUT2D eigenvalue weighted by atomic mass is 9.82. The van der Waals surface area contributed by atoms with Gasteiger partial charge in [-0.25, -0.2) is 9.78 Å². The Balaban J connectivity index is 1.39. The van der Waals surface area contributed by atoms with E-state index in [0.717, 1.165) is 36.9 Å². The van der Waals surface area contributed by atoms with Crippen molar-refractivity contribution < 1.29 is 9.53 Å². The first-order valence-electron chi connectivity index (χ1n) is 9.32. The van der Waals surface area contributed by atoms with Gasteiger partial charge in [0.05, 0.1) is 15.7 Å². The Morgan fingerprint density at radius 1 is 1.11 bits per heavy atom. The van der Waals surface area contributed by atoms with Crippen molar-refractivity contribution in [3.63, 3.8) is 0 Å². The minimum Gasteiger partial charge on any atom is -0.487 e. The first-order valence-corrected chi connectivity index (χ1v) is 10.2. The predicted molar refractivity (Wildman–Crippen MR) is 107 cm³/mol. The predicted octanol–water partition coefficient (Wildman–Crippen LogP) is 4.20. The molecule has 1 spiro atoms. The molecule has 6 heteroatoms. The maximum Gasteiger partial charge on any atom is 0.314 e. The van der Waals surface area contributed by atoms with E-state index in [9.17, 15) is 4.79 Å². The van der Waals surface area contributed by atoms with E-state index in [1.807, 2.05) is 5.51 Å². The molecule has 2 N–H and O–H groups in total. The normalized spacial score (nSPS) is 18.3. The van der Waals surface area contributed by atoms with Crippen LogP contribution in [0.25, 0.3) is 21.3 Å². The van der Waals surface area contributed by atoms with Gasteiger partial charge >= 0.3 is 6.03 Å². The molecule has 5 nitrogen and oxygen atoms in total. The van der Waals surface area contributed by atoms with Gasteiger partial charge in [-0.3, -0.25) is 0 Å². The van der Waals surface area contributed by atoms with E-state index in [4.69, 9.17) is 10.5 Å². The van der Waals surface area contributed by atoms with Crippen molar-refractivity contribution in [2.75, 3.05) is 13.1 Å². The van der Waals surface area contributed by atoms with Gasteiger partial charge in [-0.15, -0.1) is 11.3 Å². The van der Waals surface area contributed by atoms with Gasteiger partial charge in [-0.05, 0) is 53.8 Å². The number of urea groups is 1. The second-order valence-electron chi connectivity index (χ2n) is 7.47. The fourth-order valence-corrected chi connectivity index (χ4v) is 4.88. The number of nitrogens with two attached hydrogens (primary N) is 1. The number of nitrogens with zero attached hydrogens (tertiary/aromatic N) is 2.